The summed E-state index contributed by atoms with van der Waals surface area (Å²) in [4.78, 5) is 0. The van der Waals surface area contributed by atoms with Crippen molar-refractivity contribution in [1.82, 2.24) is 0 Å². The topological polar surface area (TPSA) is 76.0 Å². The van der Waals surface area contributed by atoms with E-state index >= 15 is 0 Å². The molecule has 12 heavy (non-hydrogen) atoms. The summed E-state index contributed by atoms with van der Waals surface area (Å²) in [7, 11) is -0.637. The average Bonchev–Trinajstić information content (AvgIpc) is 2.06. The van der Waals surface area contributed by atoms with Gasteiger partial charge in [-0.25, -0.2) is 0 Å². The number of hydrogen-bond acceptors (Lipinski definition) is 5. The van der Waals surface area contributed by atoms with Crippen LogP contribution in [0.1, 0.15) is 13.3 Å². The monoisotopic (exact) mass is 196 g/mol. The molecule has 2 N–H and O–H groups in total. The molecule has 0 rings (SSSR count). The fraction of sp³-hybridized carbons (Fsp3) is 1.00. The molecule has 0 aromatic rings. The van der Waals surface area contributed by atoms with Gasteiger partial charge >= 0.3 is 5.71 Å². The molecule has 0 aliphatic carbocycles. The van der Waals surface area contributed by atoms with Gasteiger partial charge in [0.05, 0.1) is 13.2 Å². The van der Waals surface area contributed by atoms with E-state index in [9.17, 15) is 9.67 Å². The van der Waals surface area contributed by atoms with E-state index in [1.165, 1.54) is 0 Å². The van der Waals surface area contributed by atoms with E-state index in [2.05, 4.69) is 4.74 Å². The lowest BCUT2D eigenvalue weighted by molar-refractivity contribution is -0.296. The van der Waals surface area contributed by atoms with Gasteiger partial charge in [-0.15, -0.1) is 0 Å². The molecule has 0 aromatic carbocycles. The van der Waals surface area contributed by atoms with E-state index in [1.807, 2.05) is 0 Å². The van der Waals surface area contributed by atoms with Crippen LogP contribution in [0.4, 0.5) is 0 Å². The first-order valence-electron chi connectivity index (χ1n) is 3.64. The van der Waals surface area contributed by atoms with Crippen molar-refractivity contribution in [2.45, 2.75) is 19.1 Å². The van der Waals surface area contributed by atoms with Crippen LogP contribution in [-0.4, -0.2) is 35.7 Å². The Kier molecular flexibility index (Phi) is 6.42. The third kappa shape index (κ3) is 4.74. The smallest absolute Gasteiger partial charge is 0.366 e. The van der Waals surface area contributed by atoms with Gasteiger partial charge in [0.2, 0.25) is 0 Å². The Labute approximate surface area is 72.5 Å². The number of rotatable bonds is 7. The molecule has 0 aromatic heterocycles. The summed E-state index contributed by atoms with van der Waals surface area (Å²) in [5, 5.41) is 17.6. The number of aliphatic hydroxyl groups is 2. The summed E-state index contributed by atoms with van der Waals surface area (Å²) < 4.78 is 19.7. The molecule has 0 saturated heterocycles. The Hall–Kier alpha value is -0.0600. The van der Waals surface area contributed by atoms with Gasteiger partial charge in [0.1, 0.15) is 0 Å². The van der Waals surface area contributed by atoms with Crippen molar-refractivity contribution in [3.8, 4) is 0 Å². The van der Waals surface area contributed by atoms with Crippen molar-refractivity contribution in [3.05, 3.63) is 0 Å². The molecule has 6 heteroatoms. The van der Waals surface area contributed by atoms with Crippen LogP contribution >= 0.6 is 8.46 Å². The minimum Gasteiger partial charge on any atom is -0.396 e. The molecule has 0 saturated carbocycles. The Balaban J connectivity index is 3.71. The van der Waals surface area contributed by atoms with E-state index in [0.29, 0.717) is 6.42 Å². The molecule has 0 amide bonds. The van der Waals surface area contributed by atoms with Crippen LogP contribution in [0, 0.1) is 0 Å². The normalized spacial score (nSPS) is 16.2. The first-order valence-corrected chi connectivity index (χ1v) is 4.45. The Morgan fingerprint density at radius 2 is 2.17 bits per heavy atom. The van der Waals surface area contributed by atoms with Crippen LogP contribution in [0.2, 0.25) is 0 Å². The van der Waals surface area contributed by atoms with Gasteiger partial charge in [0.15, 0.2) is 0 Å². The highest BCUT2D eigenvalue weighted by molar-refractivity contribution is 7.25. The molecule has 0 bridgehead atoms. The van der Waals surface area contributed by atoms with Crippen molar-refractivity contribution in [3.63, 3.8) is 0 Å². The highest BCUT2D eigenvalue weighted by Crippen LogP contribution is 2.22. The van der Waals surface area contributed by atoms with Crippen LogP contribution < -0.4 is 0 Å². The van der Waals surface area contributed by atoms with Crippen molar-refractivity contribution in [2.24, 2.45) is 0 Å². The predicted molar refractivity (Wildman–Crippen MR) is 41.8 cm³/mol. The molecule has 0 aliphatic heterocycles. The van der Waals surface area contributed by atoms with Gasteiger partial charge in [-0.3, -0.25) is 4.57 Å². The second-order valence-electron chi connectivity index (χ2n) is 2.00. The Morgan fingerprint density at radius 1 is 1.50 bits per heavy atom. The Morgan fingerprint density at radius 3 is 2.58 bits per heavy atom. The number of ether oxygens (including phenoxy) is 2. The molecule has 0 aliphatic rings. The standard InChI is InChI=1S/C6H13O5P/c1-2-10-6(8,12-9)11-5-3-4-7/h7-8H,2-5H2,1H3. The summed E-state index contributed by atoms with van der Waals surface area (Å²) in [5.74, 6) is 0. The van der Waals surface area contributed by atoms with E-state index in [4.69, 9.17) is 9.84 Å². The highest BCUT2D eigenvalue weighted by Gasteiger charge is 2.29. The average molecular weight is 196 g/mol. The first kappa shape index (κ1) is 11.9. The van der Waals surface area contributed by atoms with E-state index in [1.54, 1.807) is 6.92 Å². The summed E-state index contributed by atoms with van der Waals surface area (Å²) in [6, 6.07) is 0. The highest BCUT2D eigenvalue weighted by atomic mass is 31.1. The fourth-order valence-corrected chi connectivity index (χ4v) is 0.878. The van der Waals surface area contributed by atoms with E-state index < -0.39 is 14.2 Å². The summed E-state index contributed by atoms with van der Waals surface area (Å²) in [6.07, 6.45) is 0.366. The largest absolute Gasteiger partial charge is 0.396 e. The zero-order valence-corrected chi connectivity index (χ0v) is 7.79. The minimum atomic E-state index is -2.05. The van der Waals surface area contributed by atoms with E-state index in [-0.39, 0.29) is 19.8 Å². The maximum atomic E-state index is 10.3. The lowest BCUT2D eigenvalue weighted by Crippen LogP contribution is -2.29. The van der Waals surface area contributed by atoms with E-state index in [0.717, 1.165) is 0 Å². The zero-order chi connectivity index (χ0) is 9.45. The molecule has 0 spiro atoms. The van der Waals surface area contributed by atoms with Crippen LogP contribution in [0.5, 0.6) is 0 Å². The molecular weight excluding hydrogens is 183 g/mol. The van der Waals surface area contributed by atoms with Gasteiger partial charge in [0.25, 0.3) is 8.46 Å². The SMILES string of the molecule is CCOC(O)(OCCCO)P=O. The fourth-order valence-electron chi connectivity index (χ4n) is 0.552. The molecule has 5 nitrogen and oxygen atoms in total. The van der Waals surface area contributed by atoms with Gasteiger partial charge < -0.3 is 19.7 Å². The lowest BCUT2D eigenvalue weighted by atomic mass is 10.5. The summed E-state index contributed by atoms with van der Waals surface area (Å²) in [6.45, 7) is 1.90. The third-order valence-corrected chi connectivity index (χ3v) is 1.53. The molecule has 1 atom stereocenters. The predicted octanol–water partition coefficient (Wildman–Crippen LogP) is 0.317. The van der Waals surface area contributed by atoms with Crippen molar-refractivity contribution < 1.29 is 24.3 Å². The van der Waals surface area contributed by atoms with Gasteiger partial charge in [-0.05, 0) is 13.3 Å². The summed E-state index contributed by atoms with van der Waals surface area (Å²) in [5.41, 5.74) is -2.05. The Bertz CT molecular complexity index is 131. The molecule has 1 unspecified atom stereocenters. The first-order chi connectivity index (χ1) is 5.68. The van der Waals surface area contributed by atoms with Crippen LogP contribution in [0.25, 0.3) is 0 Å². The molecular formula is C6H13O5P. The number of aliphatic hydroxyl groups excluding tert-OH is 1. The van der Waals surface area contributed by atoms with Crippen LogP contribution in [0.3, 0.4) is 0 Å². The minimum absolute atomic E-state index is 0.0437. The van der Waals surface area contributed by atoms with Gasteiger partial charge in [-0.1, -0.05) is 0 Å². The van der Waals surface area contributed by atoms with Crippen molar-refractivity contribution in [2.75, 3.05) is 19.8 Å². The lowest BCUT2D eigenvalue weighted by Gasteiger charge is -2.19. The number of hydrogen-bond donors (Lipinski definition) is 2. The molecule has 72 valence electrons. The molecule has 0 heterocycles. The quantitative estimate of drug-likeness (QED) is 0.348. The molecule has 0 radical (unpaired) electrons. The van der Waals surface area contributed by atoms with Gasteiger partial charge in [-0.2, -0.15) is 0 Å². The second kappa shape index (κ2) is 6.46. The molecule has 0 fully saturated rings. The maximum Gasteiger partial charge on any atom is 0.366 e. The third-order valence-electron chi connectivity index (χ3n) is 1.04. The van der Waals surface area contributed by atoms with Crippen LogP contribution in [0.15, 0.2) is 0 Å². The van der Waals surface area contributed by atoms with Crippen molar-refractivity contribution >= 4 is 8.46 Å². The second-order valence-corrected chi connectivity index (χ2v) is 2.75. The zero-order valence-electron chi connectivity index (χ0n) is 6.89. The maximum absolute atomic E-state index is 10.3. The van der Waals surface area contributed by atoms with Crippen LogP contribution in [-0.2, 0) is 14.0 Å². The van der Waals surface area contributed by atoms with Gasteiger partial charge in [0, 0.05) is 6.61 Å². The summed E-state index contributed by atoms with van der Waals surface area (Å²) >= 11 is 0. The van der Waals surface area contributed by atoms with Crippen molar-refractivity contribution in [1.29, 1.82) is 0 Å².